The van der Waals surface area contributed by atoms with Crippen molar-refractivity contribution in [3.05, 3.63) is 41.6 Å². The summed E-state index contributed by atoms with van der Waals surface area (Å²) in [5, 5.41) is 11.6. The fourth-order valence-corrected chi connectivity index (χ4v) is 2.61. The molecule has 2 aromatic rings. The molecule has 0 spiro atoms. The maximum atomic E-state index is 10.5. The summed E-state index contributed by atoms with van der Waals surface area (Å²) in [5.74, 6) is 0. The lowest BCUT2D eigenvalue weighted by Crippen LogP contribution is -2.45. The lowest BCUT2D eigenvalue weighted by atomic mass is 9.72. The normalized spacial score (nSPS) is 27.2. The van der Waals surface area contributed by atoms with Crippen LogP contribution in [0.25, 0.3) is 10.9 Å². The van der Waals surface area contributed by atoms with Crippen LogP contribution in [-0.4, -0.2) is 23.3 Å². The first kappa shape index (κ1) is 11.6. The average Bonchev–Trinajstić information content (AvgIpc) is 2.34. The Morgan fingerprint density at radius 3 is 2.78 bits per heavy atom. The van der Waals surface area contributed by atoms with Crippen LogP contribution in [0.15, 0.2) is 30.3 Å². The van der Waals surface area contributed by atoms with Gasteiger partial charge in [-0.05, 0) is 30.7 Å². The van der Waals surface area contributed by atoms with Gasteiger partial charge in [-0.25, -0.2) is 0 Å². The molecule has 1 N–H and O–H groups in total. The molecule has 0 unspecified atom stereocenters. The molecular formula is C15H17NO2. The maximum Gasteiger partial charge on any atom is 0.0946 e. The molecule has 94 valence electrons. The molecule has 1 saturated carbocycles. The first-order valence-electron chi connectivity index (χ1n) is 6.24. The van der Waals surface area contributed by atoms with Crippen molar-refractivity contribution in [3.8, 4) is 0 Å². The van der Waals surface area contributed by atoms with Gasteiger partial charge < -0.3 is 9.84 Å². The summed E-state index contributed by atoms with van der Waals surface area (Å²) in [6.45, 7) is 1.98. The number of hydrogen-bond donors (Lipinski definition) is 1. The first-order chi connectivity index (χ1) is 8.60. The van der Waals surface area contributed by atoms with Crippen molar-refractivity contribution in [1.29, 1.82) is 0 Å². The third kappa shape index (κ3) is 1.80. The van der Waals surface area contributed by atoms with Gasteiger partial charge in [-0.1, -0.05) is 12.1 Å². The van der Waals surface area contributed by atoms with Gasteiger partial charge in [0.1, 0.15) is 0 Å². The van der Waals surface area contributed by atoms with Crippen LogP contribution in [0, 0.1) is 6.92 Å². The van der Waals surface area contributed by atoms with E-state index in [9.17, 15) is 5.11 Å². The van der Waals surface area contributed by atoms with Crippen LogP contribution in [0.1, 0.15) is 24.1 Å². The molecule has 0 aliphatic heterocycles. The van der Waals surface area contributed by atoms with E-state index in [-0.39, 0.29) is 6.10 Å². The number of pyridine rings is 1. The zero-order valence-electron chi connectivity index (χ0n) is 10.7. The highest BCUT2D eigenvalue weighted by atomic mass is 16.5. The molecule has 0 saturated heterocycles. The number of ether oxygens (including phenoxy) is 1. The Kier molecular flexibility index (Phi) is 2.61. The van der Waals surface area contributed by atoms with Crippen LogP contribution >= 0.6 is 0 Å². The van der Waals surface area contributed by atoms with Gasteiger partial charge in [0.05, 0.1) is 17.2 Å². The zero-order chi connectivity index (χ0) is 12.8. The fraction of sp³-hybridized carbons (Fsp3) is 0.400. The number of aryl methyl sites for hydroxylation is 1. The van der Waals surface area contributed by atoms with Crippen molar-refractivity contribution in [2.24, 2.45) is 0 Å². The summed E-state index contributed by atoms with van der Waals surface area (Å²) >= 11 is 0. The molecule has 1 aromatic heterocycles. The monoisotopic (exact) mass is 243 g/mol. The summed E-state index contributed by atoms with van der Waals surface area (Å²) in [6, 6.07) is 10.0. The Bertz CT molecular complexity index is 588. The summed E-state index contributed by atoms with van der Waals surface area (Å²) in [4.78, 5) is 4.47. The number of aliphatic hydroxyl groups is 1. The molecular weight excluding hydrogens is 226 g/mol. The number of fused-ring (bicyclic) bond motifs is 1. The average molecular weight is 243 g/mol. The molecule has 3 heteroatoms. The lowest BCUT2D eigenvalue weighted by Gasteiger charge is -2.43. The van der Waals surface area contributed by atoms with Crippen molar-refractivity contribution in [1.82, 2.24) is 4.98 Å². The van der Waals surface area contributed by atoms with Gasteiger partial charge in [0.25, 0.3) is 0 Å². The molecule has 1 fully saturated rings. The van der Waals surface area contributed by atoms with Gasteiger partial charge in [-0.15, -0.1) is 0 Å². The highest BCUT2D eigenvalue weighted by Gasteiger charge is 2.44. The topological polar surface area (TPSA) is 42.4 Å². The number of hydrogen-bond acceptors (Lipinski definition) is 3. The van der Waals surface area contributed by atoms with Gasteiger partial charge in [0.15, 0.2) is 0 Å². The number of methoxy groups -OCH3 is 1. The third-order valence-corrected chi connectivity index (χ3v) is 3.83. The number of aromatic nitrogens is 1. The van der Waals surface area contributed by atoms with E-state index in [0.29, 0.717) is 12.8 Å². The van der Waals surface area contributed by atoms with E-state index in [4.69, 9.17) is 4.74 Å². The van der Waals surface area contributed by atoms with Crippen molar-refractivity contribution < 1.29 is 9.84 Å². The summed E-state index contributed by atoms with van der Waals surface area (Å²) in [5.41, 5.74) is 2.23. The molecule has 1 aliphatic carbocycles. The quantitative estimate of drug-likeness (QED) is 0.881. The van der Waals surface area contributed by atoms with Gasteiger partial charge in [0, 0.05) is 31.0 Å². The Labute approximate surface area is 106 Å². The van der Waals surface area contributed by atoms with Crippen LogP contribution in [0.4, 0.5) is 0 Å². The largest absolute Gasteiger partial charge is 0.385 e. The van der Waals surface area contributed by atoms with Gasteiger partial charge >= 0.3 is 0 Å². The second kappa shape index (κ2) is 4.04. The van der Waals surface area contributed by atoms with E-state index in [1.807, 2.05) is 31.2 Å². The zero-order valence-corrected chi connectivity index (χ0v) is 10.7. The van der Waals surface area contributed by atoms with Gasteiger partial charge in [0.2, 0.25) is 0 Å². The van der Waals surface area contributed by atoms with Crippen LogP contribution in [0.5, 0.6) is 0 Å². The van der Waals surface area contributed by atoms with Crippen molar-refractivity contribution in [2.45, 2.75) is 31.5 Å². The lowest BCUT2D eigenvalue weighted by molar-refractivity contribution is -0.133. The Morgan fingerprint density at radius 1 is 1.28 bits per heavy atom. The van der Waals surface area contributed by atoms with Crippen LogP contribution in [-0.2, 0) is 10.3 Å². The van der Waals surface area contributed by atoms with E-state index >= 15 is 0 Å². The Hall–Kier alpha value is -1.45. The molecule has 1 aromatic carbocycles. The molecule has 3 nitrogen and oxygen atoms in total. The molecule has 0 radical (unpaired) electrons. The van der Waals surface area contributed by atoms with E-state index in [1.165, 1.54) is 0 Å². The van der Waals surface area contributed by atoms with Crippen LogP contribution in [0.2, 0.25) is 0 Å². The minimum Gasteiger partial charge on any atom is -0.385 e. The molecule has 0 amide bonds. The van der Waals surface area contributed by atoms with Crippen LogP contribution in [0.3, 0.4) is 0 Å². The minimum atomic E-state index is -0.722. The molecule has 0 atom stereocenters. The molecule has 1 heterocycles. The summed E-state index contributed by atoms with van der Waals surface area (Å²) < 4.78 is 5.23. The third-order valence-electron chi connectivity index (χ3n) is 3.83. The highest BCUT2D eigenvalue weighted by molar-refractivity contribution is 5.79. The smallest absolute Gasteiger partial charge is 0.0946 e. The first-order valence-corrected chi connectivity index (χ1v) is 6.24. The molecule has 0 bridgehead atoms. The van der Waals surface area contributed by atoms with E-state index < -0.39 is 5.60 Å². The fourth-order valence-electron chi connectivity index (χ4n) is 2.61. The Balaban J connectivity index is 1.97. The molecule has 1 aliphatic rings. The number of rotatable bonds is 2. The second-order valence-corrected chi connectivity index (χ2v) is 5.16. The van der Waals surface area contributed by atoms with Crippen molar-refractivity contribution in [3.63, 3.8) is 0 Å². The molecule has 3 rings (SSSR count). The van der Waals surface area contributed by atoms with E-state index in [1.54, 1.807) is 7.11 Å². The summed E-state index contributed by atoms with van der Waals surface area (Å²) in [7, 11) is 1.69. The van der Waals surface area contributed by atoms with Crippen molar-refractivity contribution >= 4 is 10.9 Å². The predicted octanol–water partition coefficient (Wildman–Crippen LogP) is 2.54. The number of benzene rings is 1. The standard InChI is InChI=1S/C15H17NO2/c1-10-3-4-11-7-12(5-6-14(11)16-10)15(17)8-13(9-15)18-2/h3-7,13,17H,8-9H2,1-2H3. The van der Waals surface area contributed by atoms with Gasteiger partial charge in [-0.3, -0.25) is 4.98 Å². The predicted molar refractivity (Wildman–Crippen MR) is 70.4 cm³/mol. The summed E-state index contributed by atoms with van der Waals surface area (Å²) in [6.07, 6.45) is 1.53. The number of nitrogens with zero attached hydrogens (tertiary/aromatic N) is 1. The van der Waals surface area contributed by atoms with Crippen molar-refractivity contribution in [2.75, 3.05) is 7.11 Å². The molecule has 18 heavy (non-hydrogen) atoms. The Morgan fingerprint density at radius 2 is 2.06 bits per heavy atom. The minimum absolute atomic E-state index is 0.182. The maximum absolute atomic E-state index is 10.5. The van der Waals surface area contributed by atoms with E-state index in [0.717, 1.165) is 22.2 Å². The second-order valence-electron chi connectivity index (χ2n) is 5.16. The SMILES string of the molecule is COC1CC(O)(c2ccc3nc(C)ccc3c2)C1. The van der Waals surface area contributed by atoms with Gasteiger partial charge in [-0.2, -0.15) is 0 Å². The van der Waals surface area contributed by atoms with Crippen LogP contribution < -0.4 is 0 Å². The van der Waals surface area contributed by atoms with E-state index in [2.05, 4.69) is 11.1 Å². The highest BCUT2D eigenvalue weighted by Crippen LogP contribution is 2.43.